The lowest BCUT2D eigenvalue weighted by Gasteiger charge is -2.14. The molecule has 18 heavy (non-hydrogen) atoms. The van der Waals surface area contributed by atoms with Crippen molar-refractivity contribution in [1.82, 2.24) is 14.8 Å². The van der Waals surface area contributed by atoms with E-state index in [0.717, 1.165) is 21.7 Å². The van der Waals surface area contributed by atoms with Crippen LogP contribution in [-0.2, 0) is 5.88 Å². The zero-order valence-corrected chi connectivity index (χ0v) is 13.1. The van der Waals surface area contributed by atoms with E-state index in [2.05, 4.69) is 40.0 Å². The number of benzene rings is 1. The first-order valence-corrected chi connectivity index (χ1v) is 7.20. The zero-order valence-electron chi connectivity index (χ0n) is 9.99. The summed E-state index contributed by atoms with van der Waals surface area (Å²) >= 11 is 15.4. The van der Waals surface area contributed by atoms with E-state index in [1.54, 1.807) is 0 Å². The molecule has 0 atom stereocenters. The molecule has 0 radical (unpaired) electrons. The summed E-state index contributed by atoms with van der Waals surface area (Å²) in [6.45, 7) is 4.14. The van der Waals surface area contributed by atoms with Crippen LogP contribution in [0.15, 0.2) is 22.7 Å². The lowest BCUT2D eigenvalue weighted by molar-refractivity contribution is 0.585. The number of rotatable bonds is 3. The third-order valence-electron chi connectivity index (χ3n) is 2.57. The molecule has 6 heteroatoms. The van der Waals surface area contributed by atoms with Crippen molar-refractivity contribution in [3.8, 4) is 11.4 Å². The van der Waals surface area contributed by atoms with Crippen molar-refractivity contribution in [3.63, 3.8) is 0 Å². The minimum Gasteiger partial charge on any atom is -0.307 e. The smallest absolute Gasteiger partial charge is 0.165 e. The molecule has 0 fully saturated rings. The van der Waals surface area contributed by atoms with Gasteiger partial charge in [-0.05, 0) is 32.0 Å². The molecule has 1 aromatic carbocycles. The van der Waals surface area contributed by atoms with E-state index < -0.39 is 0 Å². The van der Waals surface area contributed by atoms with Crippen LogP contribution in [0, 0.1) is 0 Å². The Morgan fingerprint density at radius 1 is 1.33 bits per heavy atom. The maximum absolute atomic E-state index is 6.03. The van der Waals surface area contributed by atoms with Crippen molar-refractivity contribution in [1.29, 1.82) is 0 Å². The van der Waals surface area contributed by atoms with Gasteiger partial charge in [0.25, 0.3) is 0 Å². The molecule has 2 aromatic rings. The molecule has 0 amide bonds. The molecule has 1 heterocycles. The van der Waals surface area contributed by atoms with Gasteiger partial charge in [0.05, 0.1) is 5.88 Å². The van der Waals surface area contributed by atoms with Gasteiger partial charge in [-0.15, -0.1) is 21.8 Å². The minimum absolute atomic E-state index is 0.231. The van der Waals surface area contributed by atoms with Gasteiger partial charge in [-0.1, -0.05) is 27.5 Å². The fourth-order valence-electron chi connectivity index (χ4n) is 1.81. The van der Waals surface area contributed by atoms with Gasteiger partial charge in [0.1, 0.15) is 5.82 Å². The van der Waals surface area contributed by atoms with Crippen molar-refractivity contribution in [3.05, 3.63) is 33.5 Å². The Labute approximate surface area is 124 Å². The lowest BCUT2D eigenvalue weighted by atomic mass is 10.2. The Balaban J connectivity index is 2.63. The molecule has 96 valence electrons. The Kier molecular flexibility index (Phi) is 4.30. The van der Waals surface area contributed by atoms with Crippen LogP contribution >= 0.6 is 39.1 Å². The average Bonchev–Trinajstić information content (AvgIpc) is 2.75. The molecule has 3 nitrogen and oxygen atoms in total. The highest BCUT2D eigenvalue weighted by Gasteiger charge is 2.17. The highest BCUT2D eigenvalue weighted by molar-refractivity contribution is 9.10. The molecule has 0 unspecified atom stereocenters. The minimum atomic E-state index is 0.231. The van der Waals surface area contributed by atoms with Crippen molar-refractivity contribution < 1.29 is 0 Å². The van der Waals surface area contributed by atoms with Gasteiger partial charge in [0.15, 0.2) is 5.82 Å². The second-order valence-electron chi connectivity index (χ2n) is 4.16. The second kappa shape index (κ2) is 5.59. The number of hydrogen-bond acceptors (Lipinski definition) is 2. The fraction of sp³-hybridized carbons (Fsp3) is 0.333. The molecule has 0 bridgehead atoms. The van der Waals surface area contributed by atoms with E-state index in [1.165, 1.54) is 0 Å². The van der Waals surface area contributed by atoms with E-state index in [1.807, 2.05) is 22.8 Å². The van der Waals surface area contributed by atoms with Crippen molar-refractivity contribution in [2.75, 3.05) is 0 Å². The summed E-state index contributed by atoms with van der Waals surface area (Å²) in [5, 5.41) is 9.01. The number of halogens is 3. The molecule has 0 aliphatic rings. The molecule has 0 N–H and O–H groups in total. The highest BCUT2D eigenvalue weighted by Crippen LogP contribution is 2.31. The zero-order chi connectivity index (χ0) is 13.3. The van der Waals surface area contributed by atoms with Crippen LogP contribution in [0.1, 0.15) is 25.7 Å². The number of aromatic nitrogens is 3. The molecule has 0 saturated heterocycles. The van der Waals surface area contributed by atoms with E-state index in [-0.39, 0.29) is 6.04 Å². The largest absolute Gasteiger partial charge is 0.307 e. The molecule has 1 aromatic heterocycles. The first-order valence-electron chi connectivity index (χ1n) is 5.49. The van der Waals surface area contributed by atoms with E-state index >= 15 is 0 Å². The lowest BCUT2D eigenvalue weighted by Crippen LogP contribution is -2.07. The molecular weight excluding hydrogens is 337 g/mol. The first kappa shape index (κ1) is 13.8. The monoisotopic (exact) mass is 347 g/mol. The van der Waals surface area contributed by atoms with Gasteiger partial charge in [-0.25, -0.2) is 0 Å². The second-order valence-corrected chi connectivity index (χ2v) is 5.72. The van der Waals surface area contributed by atoms with Crippen LogP contribution in [-0.4, -0.2) is 14.8 Å². The summed E-state index contributed by atoms with van der Waals surface area (Å²) in [6.07, 6.45) is 0. The average molecular weight is 349 g/mol. The van der Waals surface area contributed by atoms with Crippen LogP contribution in [0.25, 0.3) is 11.4 Å². The van der Waals surface area contributed by atoms with Gasteiger partial charge in [0.2, 0.25) is 0 Å². The summed E-state index contributed by atoms with van der Waals surface area (Å²) in [5.41, 5.74) is 0.917. The van der Waals surface area contributed by atoms with Gasteiger partial charge < -0.3 is 4.57 Å². The van der Waals surface area contributed by atoms with Gasteiger partial charge in [-0.3, -0.25) is 0 Å². The quantitative estimate of drug-likeness (QED) is 0.754. The van der Waals surface area contributed by atoms with E-state index in [9.17, 15) is 0 Å². The number of alkyl halides is 1. The standard InChI is InChI=1S/C12H12BrCl2N3/c1-7(2)18-11(6-14)16-17-12(18)9-5-8(15)3-4-10(9)13/h3-5,7H,6H2,1-2H3. The van der Waals surface area contributed by atoms with Gasteiger partial charge in [0, 0.05) is 21.1 Å². The molecule has 0 spiro atoms. The van der Waals surface area contributed by atoms with Gasteiger partial charge >= 0.3 is 0 Å². The van der Waals surface area contributed by atoms with Crippen LogP contribution in [0.4, 0.5) is 0 Å². The maximum atomic E-state index is 6.03. The summed E-state index contributed by atoms with van der Waals surface area (Å²) in [6, 6.07) is 5.83. The predicted octanol–water partition coefficient (Wildman–Crippen LogP) is 4.68. The van der Waals surface area contributed by atoms with Gasteiger partial charge in [-0.2, -0.15) is 0 Å². The molecule has 2 rings (SSSR count). The van der Waals surface area contributed by atoms with Crippen LogP contribution in [0.3, 0.4) is 0 Å². The van der Waals surface area contributed by atoms with Crippen LogP contribution in [0.5, 0.6) is 0 Å². The Morgan fingerprint density at radius 3 is 2.67 bits per heavy atom. The summed E-state index contributed by atoms with van der Waals surface area (Å²) < 4.78 is 2.95. The third-order valence-corrected chi connectivity index (χ3v) is 3.74. The number of nitrogens with zero attached hydrogens (tertiary/aromatic N) is 3. The highest BCUT2D eigenvalue weighted by atomic mass is 79.9. The predicted molar refractivity (Wildman–Crippen MR) is 78.1 cm³/mol. The summed E-state index contributed by atoms with van der Waals surface area (Å²) in [5.74, 6) is 1.87. The molecular formula is C12H12BrCl2N3. The summed E-state index contributed by atoms with van der Waals surface area (Å²) in [7, 11) is 0. The molecule has 0 aliphatic carbocycles. The van der Waals surface area contributed by atoms with Crippen molar-refractivity contribution in [2.45, 2.75) is 25.8 Å². The Hall–Kier alpha value is -0.580. The normalized spacial score (nSPS) is 11.2. The maximum Gasteiger partial charge on any atom is 0.165 e. The van der Waals surface area contributed by atoms with Crippen LogP contribution in [0.2, 0.25) is 5.02 Å². The van der Waals surface area contributed by atoms with Crippen LogP contribution < -0.4 is 0 Å². The topological polar surface area (TPSA) is 30.7 Å². The van der Waals surface area contributed by atoms with E-state index in [0.29, 0.717) is 10.9 Å². The fourth-order valence-corrected chi connectivity index (χ4v) is 2.59. The van der Waals surface area contributed by atoms with Crippen molar-refractivity contribution in [2.24, 2.45) is 0 Å². The SMILES string of the molecule is CC(C)n1c(CCl)nnc1-c1cc(Cl)ccc1Br. The Bertz CT molecular complexity index is 566. The van der Waals surface area contributed by atoms with Crippen molar-refractivity contribution >= 4 is 39.1 Å². The molecule has 0 saturated carbocycles. The molecule has 0 aliphatic heterocycles. The summed E-state index contributed by atoms with van der Waals surface area (Å²) in [4.78, 5) is 0. The number of hydrogen-bond donors (Lipinski definition) is 0. The Morgan fingerprint density at radius 2 is 2.06 bits per heavy atom. The third kappa shape index (κ3) is 2.56. The van der Waals surface area contributed by atoms with E-state index in [4.69, 9.17) is 23.2 Å². The first-order chi connectivity index (χ1) is 8.54.